The van der Waals surface area contributed by atoms with Gasteiger partial charge in [-0.15, -0.1) is 0 Å². The van der Waals surface area contributed by atoms with E-state index in [2.05, 4.69) is 4.72 Å². The Morgan fingerprint density at radius 2 is 1.71 bits per heavy atom. The average Bonchev–Trinajstić information content (AvgIpc) is 2.67. The molecule has 0 aromatic heterocycles. The zero-order chi connectivity index (χ0) is 20.1. The van der Waals surface area contributed by atoms with Crippen LogP contribution in [0.3, 0.4) is 0 Å². The van der Waals surface area contributed by atoms with Crippen molar-refractivity contribution < 1.29 is 22.5 Å². The quantitative estimate of drug-likeness (QED) is 0.474. The fraction of sp³-hybridized carbons (Fsp3) is 0.0526. The lowest BCUT2D eigenvalue weighted by atomic mass is 10.2. The molecule has 1 N–H and O–H groups in total. The van der Waals surface area contributed by atoms with E-state index in [4.69, 9.17) is 4.74 Å². The summed E-state index contributed by atoms with van der Waals surface area (Å²) in [5.41, 5.74) is 0.417. The minimum Gasteiger partial charge on any atom is -0.489 e. The van der Waals surface area contributed by atoms with Gasteiger partial charge in [0.1, 0.15) is 18.2 Å². The molecule has 0 unspecified atom stereocenters. The SMILES string of the molecule is O=[N+]([O-])c1ccccc1S(=O)(=O)Nc1cccc(OCc2ccc(F)cc2)c1. The summed E-state index contributed by atoms with van der Waals surface area (Å²) in [6.07, 6.45) is 0. The predicted octanol–water partition coefficient (Wildman–Crippen LogP) is 4.11. The first-order chi connectivity index (χ1) is 13.3. The number of rotatable bonds is 7. The molecule has 7 nitrogen and oxygen atoms in total. The van der Waals surface area contributed by atoms with E-state index in [1.54, 1.807) is 24.3 Å². The molecule has 0 aliphatic carbocycles. The van der Waals surface area contributed by atoms with Gasteiger partial charge in [0.05, 0.1) is 10.6 Å². The third kappa shape index (κ3) is 4.63. The summed E-state index contributed by atoms with van der Waals surface area (Å²) in [4.78, 5) is 9.90. The van der Waals surface area contributed by atoms with Crippen LogP contribution in [-0.2, 0) is 16.6 Å². The van der Waals surface area contributed by atoms with E-state index in [1.165, 1.54) is 36.4 Å². The number of nitro groups is 1. The maximum atomic E-state index is 12.9. The average molecular weight is 402 g/mol. The van der Waals surface area contributed by atoms with Crippen LogP contribution in [0, 0.1) is 15.9 Å². The van der Waals surface area contributed by atoms with Crippen molar-refractivity contribution in [1.29, 1.82) is 0 Å². The Morgan fingerprint density at radius 3 is 2.43 bits per heavy atom. The predicted molar refractivity (Wildman–Crippen MR) is 101 cm³/mol. The molecule has 28 heavy (non-hydrogen) atoms. The van der Waals surface area contributed by atoms with Gasteiger partial charge in [-0.2, -0.15) is 0 Å². The van der Waals surface area contributed by atoms with Gasteiger partial charge in [-0.1, -0.05) is 30.3 Å². The van der Waals surface area contributed by atoms with Gasteiger partial charge < -0.3 is 4.74 Å². The molecule has 0 bridgehead atoms. The Labute approximate surface area is 160 Å². The van der Waals surface area contributed by atoms with E-state index >= 15 is 0 Å². The summed E-state index contributed by atoms with van der Waals surface area (Å²) >= 11 is 0. The topological polar surface area (TPSA) is 98.5 Å². The van der Waals surface area contributed by atoms with Gasteiger partial charge in [0.25, 0.3) is 15.7 Å². The van der Waals surface area contributed by atoms with Gasteiger partial charge >= 0.3 is 0 Å². The first kappa shape index (κ1) is 19.3. The molecular formula is C19H15FN2O5S. The number of benzene rings is 3. The molecule has 3 rings (SSSR count). The van der Waals surface area contributed by atoms with E-state index in [0.717, 1.165) is 17.7 Å². The Kier molecular flexibility index (Phi) is 5.55. The molecule has 9 heteroatoms. The summed E-state index contributed by atoms with van der Waals surface area (Å²) in [6.45, 7) is 0.167. The number of hydrogen-bond donors (Lipinski definition) is 1. The van der Waals surface area contributed by atoms with Gasteiger partial charge in [-0.05, 0) is 35.9 Å². The Balaban J connectivity index is 1.77. The molecule has 0 spiro atoms. The first-order valence-electron chi connectivity index (χ1n) is 8.09. The zero-order valence-corrected chi connectivity index (χ0v) is 15.2. The lowest BCUT2D eigenvalue weighted by molar-refractivity contribution is -0.387. The number of anilines is 1. The number of nitro benzene ring substituents is 1. The molecule has 0 amide bonds. The van der Waals surface area contributed by atoms with Gasteiger partial charge in [0.2, 0.25) is 0 Å². The van der Waals surface area contributed by atoms with Crippen molar-refractivity contribution in [2.45, 2.75) is 11.5 Å². The number of nitrogens with one attached hydrogen (secondary N) is 1. The highest BCUT2D eigenvalue weighted by Crippen LogP contribution is 2.26. The van der Waals surface area contributed by atoms with Crippen LogP contribution in [0.5, 0.6) is 5.75 Å². The number of hydrogen-bond acceptors (Lipinski definition) is 5. The Hall–Kier alpha value is -3.46. The number of nitrogens with zero attached hydrogens (tertiary/aromatic N) is 1. The highest BCUT2D eigenvalue weighted by atomic mass is 32.2. The maximum Gasteiger partial charge on any atom is 0.289 e. The van der Waals surface area contributed by atoms with Crippen molar-refractivity contribution in [2.75, 3.05) is 4.72 Å². The summed E-state index contributed by atoms with van der Waals surface area (Å²) in [7, 11) is -4.17. The summed E-state index contributed by atoms with van der Waals surface area (Å²) in [6, 6.07) is 17.0. The van der Waals surface area contributed by atoms with Crippen LogP contribution in [0.1, 0.15) is 5.56 Å². The molecular weight excluding hydrogens is 387 g/mol. The van der Waals surface area contributed by atoms with Crippen molar-refractivity contribution in [2.24, 2.45) is 0 Å². The smallest absolute Gasteiger partial charge is 0.289 e. The minimum absolute atomic E-state index is 0.167. The zero-order valence-electron chi connectivity index (χ0n) is 14.4. The van der Waals surface area contributed by atoms with Gasteiger partial charge in [0, 0.05) is 12.1 Å². The standard InChI is InChI=1S/C19H15FN2O5S/c20-15-10-8-14(9-11-15)13-27-17-5-3-4-16(12-17)21-28(25,26)19-7-2-1-6-18(19)22(23)24/h1-12,21H,13H2. The second-order valence-electron chi connectivity index (χ2n) is 5.77. The number of ether oxygens (including phenoxy) is 1. The summed E-state index contributed by atoms with van der Waals surface area (Å²) < 4.78 is 45.9. The second kappa shape index (κ2) is 8.05. The number of para-hydroxylation sites is 1. The van der Waals surface area contributed by atoms with Crippen LogP contribution in [-0.4, -0.2) is 13.3 Å². The third-order valence-electron chi connectivity index (χ3n) is 3.76. The van der Waals surface area contributed by atoms with E-state index in [0.29, 0.717) is 5.75 Å². The summed E-state index contributed by atoms with van der Waals surface area (Å²) in [5.74, 6) is 0.0299. The van der Waals surface area contributed by atoms with E-state index in [-0.39, 0.29) is 18.1 Å². The van der Waals surface area contributed by atoms with Crippen LogP contribution in [0.25, 0.3) is 0 Å². The van der Waals surface area contributed by atoms with Gasteiger partial charge in [0.15, 0.2) is 4.90 Å². The van der Waals surface area contributed by atoms with Crippen LogP contribution in [0.2, 0.25) is 0 Å². The number of halogens is 1. The molecule has 0 saturated carbocycles. The monoisotopic (exact) mass is 402 g/mol. The van der Waals surface area contributed by atoms with Crippen LogP contribution in [0.15, 0.2) is 77.7 Å². The first-order valence-corrected chi connectivity index (χ1v) is 9.57. The Bertz CT molecular complexity index is 1100. The molecule has 0 aliphatic rings. The van der Waals surface area contributed by atoms with Crippen molar-refractivity contribution in [3.8, 4) is 5.75 Å². The van der Waals surface area contributed by atoms with Crippen LogP contribution < -0.4 is 9.46 Å². The molecule has 3 aromatic carbocycles. The van der Waals surface area contributed by atoms with Crippen LogP contribution >= 0.6 is 0 Å². The largest absolute Gasteiger partial charge is 0.489 e. The second-order valence-corrected chi connectivity index (χ2v) is 7.42. The molecule has 0 saturated heterocycles. The minimum atomic E-state index is -4.17. The maximum absolute atomic E-state index is 12.9. The van der Waals surface area contributed by atoms with Crippen molar-refractivity contribution >= 4 is 21.4 Å². The highest BCUT2D eigenvalue weighted by Gasteiger charge is 2.25. The molecule has 0 radical (unpaired) electrons. The van der Waals surface area contributed by atoms with E-state index in [1.807, 2.05) is 0 Å². The summed E-state index contributed by atoms with van der Waals surface area (Å²) in [5, 5.41) is 11.1. The van der Waals surface area contributed by atoms with E-state index in [9.17, 15) is 22.9 Å². The van der Waals surface area contributed by atoms with Crippen LogP contribution in [0.4, 0.5) is 15.8 Å². The Morgan fingerprint density at radius 1 is 1.00 bits per heavy atom. The molecule has 0 aliphatic heterocycles. The van der Waals surface area contributed by atoms with E-state index < -0.39 is 25.5 Å². The number of sulfonamides is 1. The molecule has 144 valence electrons. The lowest BCUT2D eigenvalue weighted by Crippen LogP contribution is -2.14. The third-order valence-corrected chi connectivity index (χ3v) is 5.19. The van der Waals surface area contributed by atoms with Gasteiger partial charge in [-0.25, -0.2) is 12.8 Å². The molecule has 0 atom stereocenters. The normalized spacial score (nSPS) is 11.0. The van der Waals surface area contributed by atoms with Crippen molar-refractivity contribution in [3.63, 3.8) is 0 Å². The molecule has 0 heterocycles. The molecule has 0 fully saturated rings. The molecule has 3 aromatic rings. The van der Waals surface area contributed by atoms with Gasteiger partial charge in [-0.3, -0.25) is 14.8 Å². The van der Waals surface area contributed by atoms with Crippen molar-refractivity contribution in [3.05, 3.63) is 94.3 Å². The lowest BCUT2D eigenvalue weighted by Gasteiger charge is -2.11. The highest BCUT2D eigenvalue weighted by molar-refractivity contribution is 7.92. The van der Waals surface area contributed by atoms with Crippen molar-refractivity contribution in [1.82, 2.24) is 0 Å². The fourth-order valence-corrected chi connectivity index (χ4v) is 3.66. The fourth-order valence-electron chi connectivity index (χ4n) is 2.44.